The summed E-state index contributed by atoms with van der Waals surface area (Å²) in [5, 5.41) is 15.4. The van der Waals surface area contributed by atoms with Crippen molar-refractivity contribution in [1.82, 2.24) is 15.3 Å². The first-order valence-electron chi connectivity index (χ1n) is 8.26. The van der Waals surface area contributed by atoms with Gasteiger partial charge in [0, 0.05) is 13.2 Å². The van der Waals surface area contributed by atoms with E-state index in [9.17, 15) is 9.90 Å². The van der Waals surface area contributed by atoms with Crippen LogP contribution in [0.25, 0.3) is 10.6 Å². The summed E-state index contributed by atoms with van der Waals surface area (Å²) in [7, 11) is 1.76. The number of aromatic nitrogens is 2. The molecule has 0 saturated carbocycles. The highest BCUT2D eigenvalue weighted by molar-refractivity contribution is 7.17. The van der Waals surface area contributed by atoms with Gasteiger partial charge >= 0.3 is 0 Å². The highest BCUT2D eigenvalue weighted by Gasteiger charge is 2.16. The number of nitrogens with one attached hydrogen (secondary N) is 2. The highest BCUT2D eigenvalue weighted by atomic mass is 32.1. The van der Waals surface area contributed by atoms with Crippen LogP contribution in [0.15, 0.2) is 54.7 Å². The molecule has 0 aliphatic carbocycles. The van der Waals surface area contributed by atoms with Crippen LogP contribution in [0.1, 0.15) is 15.2 Å². The molecule has 6 nitrogen and oxygen atoms in total. The number of benzene rings is 1. The van der Waals surface area contributed by atoms with Crippen LogP contribution < -0.4 is 10.6 Å². The van der Waals surface area contributed by atoms with Crippen molar-refractivity contribution in [2.45, 2.75) is 12.5 Å². The lowest BCUT2D eigenvalue weighted by atomic mass is 10.1. The molecular weight excluding hydrogens is 348 g/mol. The number of amides is 1. The van der Waals surface area contributed by atoms with Gasteiger partial charge < -0.3 is 15.7 Å². The Hall–Kier alpha value is -2.77. The van der Waals surface area contributed by atoms with Crippen LogP contribution in [0.4, 0.5) is 5.95 Å². The quantitative estimate of drug-likeness (QED) is 0.597. The topological polar surface area (TPSA) is 87.1 Å². The predicted molar refractivity (Wildman–Crippen MR) is 103 cm³/mol. The van der Waals surface area contributed by atoms with E-state index in [4.69, 9.17) is 0 Å². The number of rotatable bonds is 7. The molecule has 1 aromatic carbocycles. The number of hydrogen-bond acceptors (Lipinski definition) is 6. The molecule has 3 N–H and O–H groups in total. The molecule has 0 spiro atoms. The zero-order valence-electron chi connectivity index (χ0n) is 14.3. The summed E-state index contributed by atoms with van der Waals surface area (Å²) in [6.07, 6.45) is 2.26. The number of carbonyl (C=O) groups excluding carboxylic acids is 1. The molecule has 0 fully saturated rings. The van der Waals surface area contributed by atoms with Gasteiger partial charge in [0.25, 0.3) is 5.91 Å². The Balaban J connectivity index is 1.69. The Bertz CT molecular complexity index is 867. The molecule has 0 aliphatic heterocycles. The Kier molecular flexibility index (Phi) is 5.93. The first-order valence-corrected chi connectivity index (χ1v) is 9.08. The van der Waals surface area contributed by atoms with Crippen LogP contribution in [0.2, 0.25) is 0 Å². The smallest absolute Gasteiger partial charge is 0.261 e. The molecule has 134 valence electrons. The number of carbonyl (C=O) groups is 1. The van der Waals surface area contributed by atoms with Crippen molar-refractivity contribution in [3.05, 3.63) is 65.2 Å². The fraction of sp³-hybridized carbons (Fsp3) is 0.211. The maximum Gasteiger partial charge on any atom is 0.261 e. The van der Waals surface area contributed by atoms with Crippen LogP contribution in [0.5, 0.6) is 0 Å². The van der Waals surface area contributed by atoms with E-state index in [-0.39, 0.29) is 18.6 Å². The molecule has 0 radical (unpaired) electrons. The number of aliphatic hydroxyl groups excluding tert-OH is 1. The third kappa shape index (κ3) is 4.44. The Morgan fingerprint density at radius 2 is 2.00 bits per heavy atom. The molecule has 2 heterocycles. The van der Waals surface area contributed by atoms with E-state index in [0.717, 1.165) is 16.1 Å². The van der Waals surface area contributed by atoms with Crippen LogP contribution in [-0.2, 0) is 6.42 Å². The Morgan fingerprint density at radius 1 is 1.19 bits per heavy atom. The van der Waals surface area contributed by atoms with Crippen LogP contribution >= 0.6 is 11.3 Å². The lowest BCUT2D eigenvalue weighted by Gasteiger charge is -2.15. The van der Waals surface area contributed by atoms with Gasteiger partial charge in [-0.3, -0.25) is 4.79 Å². The summed E-state index contributed by atoms with van der Waals surface area (Å²) in [5.74, 6) is 0.337. The Labute approximate surface area is 156 Å². The summed E-state index contributed by atoms with van der Waals surface area (Å²) in [4.78, 5) is 22.5. The number of thiophene rings is 1. The van der Waals surface area contributed by atoms with Crippen molar-refractivity contribution >= 4 is 23.2 Å². The largest absolute Gasteiger partial charge is 0.394 e. The molecular formula is C19H20N4O2S. The first kappa shape index (κ1) is 18.0. The predicted octanol–water partition coefficient (Wildman–Crippen LogP) is 2.58. The van der Waals surface area contributed by atoms with E-state index in [1.54, 1.807) is 25.4 Å². The van der Waals surface area contributed by atoms with E-state index >= 15 is 0 Å². The summed E-state index contributed by atoms with van der Waals surface area (Å²) in [6, 6.07) is 14.9. The van der Waals surface area contributed by atoms with Crippen molar-refractivity contribution in [1.29, 1.82) is 0 Å². The van der Waals surface area contributed by atoms with Crippen molar-refractivity contribution in [3.8, 4) is 10.6 Å². The summed E-state index contributed by atoms with van der Waals surface area (Å²) >= 11 is 1.36. The zero-order chi connectivity index (χ0) is 18.4. The fourth-order valence-electron chi connectivity index (χ4n) is 2.53. The van der Waals surface area contributed by atoms with Crippen LogP contribution in [0, 0.1) is 0 Å². The summed E-state index contributed by atoms with van der Waals surface area (Å²) in [6.45, 7) is -0.115. The van der Waals surface area contributed by atoms with Crippen LogP contribution in [-0.4, -0.2) is 40.7 Å². The van der Waals surface area contributed by atoms with E-state index < -0.39 is 0 Å². The van der Waals surface area contributed by atoms with E-state index in [2.05, 4.69) is 20.6 Å². The van der Waals surface area contributed by atoms with Crippen molar-refractivity contribution < 1.29 is 9.90 Å². The van der Waals surface area contributed by atoms with Gasteiger partial charge in [-0.2, -0.15) is 0 Å². The average Bonchev–Trinajstić information content (AvgIpc) is 3.18. The van der Waals surface area contributed by atoms with Gasteiger partial charge in [0.05, 0.1) is 28.1 Å². The van der Waals surface area contributed by atoms with Gasteiger partial charge in [-0.1, -0.05) is 30.3 Å². The van der Waals surface area contributed by atoms with E-state index in [0.29, 0.717) is 17.2 Å². The highest BCUT2D eigenvalue weighted by Crippen LogP contribution is 2.27. The third-order valence-corrected chi connectivity index (χ3v) is 4.95. The molecule has 1 amide bonds. The molecule has 26 heavy (non-hydrogen) atoms. The van der Waals surface area contributed by atoms with Gasteiger partial charge in [0.1, 0.15) is 0 Å². The van der Waals surface area contributed by atoms with Gasteiger partial charge in [-0.15, -0.1) is 11.3 Å². The first-order chi connectivity index (χ1) is 12.7. The van der Waals surface area contributed by atoms with Crippen molar-refractivity contribution in [3.63, 3.8) is 0 Å². The second-order valence-electron chi connectivity index (χ2n) is 5.72. The molecule has 0 saturated heterocycles. The van der Waals surface area contributed by atoms with E-state index in [1.807, 2.05) is 36.4 Å². The molecule has 0 aliphatic rings. The molecule has 0 bridgehead atoms. The molecule has 3 rings (SSSR count). The number of nitrogens with zero attached hydrogens (tertiary/aromatic N) is 2. The van der Waals surface area contributed by atoms with Gasteiger partial charge in [0.15, 0.2) is 0 Å². The fourth-order valence-corrected chi connectivity index (χ4v) is 3.41. The molecule has 1 atom stereocenters. The monoisotopic (exact) mass is 368 g/mol. The lowest BCUT2D eigenvalue weighted by Crippen LogP contribution is -2.38. The maximum atomic E-state index is 12.5. The minimum Gasteiger partial charge on any atom is -0.394 e. The standard InChI is InChI=1S/C19H20N4O2S/c1-20-19-21-10-9-15(23-19)16-7-8-17(26-16)18(25)22-14(12-24)11-13-5-3-2-4-6-13/h2-10,14,24H,11-12H2,1H3,(H,22,25)(H,20,21,23). The van der Waals surface area contributed by atoms with Gasteiger partial charge in [-0.05, 0) is 30.2 Å². The molecule has 7 heteroatoms. The van der Waals surface area contributed by atoms with Gasteiger partial charge in [0.2, 0.25) is 5.95 Å². The normalized spacial score (nSPS) is 11.8. The lowest BCUT2D eigenvalue weighted by molar-refractivity contribution is 0.0920. The number of aliphatic hydroxyl groups is 1. The SMILES string of the molecule is CNc1nccc(-c2ccc(C(=O)NC(CO)Cc3ccccc3)s2)n1. The molecule has 1 unspecified atom stereocenters. The second kappa shape index (κ2) is 8.55. The molecule has 3 aromatic rings. The third-order valence-electron chi connectivity index (χ3n) is 3.84. The van der Waals surface area contributed by atoms with E-state index in [1.165, 1.54) is 11.3 Å². The second-order valence-corrected chi connectivity index (χ2v) is 6.81. The van der Waals surface area contributed by atoms with Gasteiger partial charge in [-0.25, -0.2) is 9.97 Å². The minimum absolute atomic E-state index is 0.115. The van der Waals surface area contributed by atoms with Crippen LogP contribution in [0.3, 0.4) is 0 Å². The summed E-state index contributed by atoms with van der Waals surface area (Å²) < 4.78 is 0. The van der Waals surface area contributed by atoms with Crippen molar-refractivity contribution in [2.24, 2.45) is 0 Å². The number of hydrogen-bond donors (Lipinski definition) is 3. The average molecular weight is 368 g/mol. The minimum atomic E-state index is -0.328. The number of anilines is 1. The summed E-state index contributed by atoms with van der Waals surface area (Å²) in [5.41, 5.74) is 1.83. The zero-order valence-corrected chi connectivity index (χ0v) is 15.2. The Morgan fingerprint density at radius 3 is 2.73 bits per heavy atom. The van der Waals surface area contributed by atoms with Crippen molar-refractivity contribution in [2.75, 3.05) is 19.0 Å². The maximum absolute atomic E-state index is 12.5. The molecule has 2 aromatic heterocycles.